The van der Waals surface area contributed by atoms with Crippen molar-refractivity contribution in [3.63, 3.8) is 0 Å². The minimum atomic E-state index is -4.06. The summed E-state index contributed by atoms with van der Waals surface area (Å²) in [5.74, 6) is -0.797. The van der Waals surface area contributed by atoms with E-state index in [-0.39, 0.29) is 16.0 Å². The molecule has 29 heavy (non-hydrogen) atoms. The topological polar surface area (TPSA) is 98.8 Å². The predicted octanol–water partition coefficient (Wildman–Crippen LogP) is 3.43. The van der Waals surface area contributed by atoms with Gasteiger partial charge in [-0.25, -0.2) is 22.7 Å². The van der Waals surface area contributed by atoms with E-state index in [0.29, 0.717) is 11.4 Å². The summed E-state index contributed by atoms with van der Waals surface area (Å²) in [6.07, 6.45) is 0.567. The van der Waals surface area contributed by atoms with Gasteiger partial charge < -0.3 is 9.47 Å². The van der Waals surface area contributed by atoms with Crippen molar-refractivity contribution in [1.82, 2.24) is 4.72 Å². The van der Waals surface area contributed by atoms with Gasteiger partial charge in [0.2, 0.25) is 10.0 Å². The molecule has 3 rings (SSSR count). The molecule has 0 fully saturated rings. The summed E-state index contributed by atoms with van der Waals surface area (Å²) in [4.78, 5) is 24.6. The quantitative estimate of drug-likeness (QED) is 0.689. The summed E-state index contributed by atoms with van der Waals surface area (Å²) in [5.41, 5.74) is 0.645. The number of thioether (sulfide) groups is 1. The van der Waals surface area contributed by atoms with Crippen LogP contribution in [0, 0.1) is 0 Å². The van der Waals surface area contributed by atoms with Gasteiger partial charge in [0.25, 0.3) is 0 Å². The number of hydrogen-bond donors (Lipinski definition) is 1. The summed E-state index contributed by atoms with van der Waals surface area (Å²) in [6, 6.07) is 8.42. The predicted molar refractivity (Wildman–Crippen MR) is 109 cm³/mol. The van der Waals surface area contributed by atoms with Gasteiger partial charge in [-0.2, -0.15) is 0 Å². The van der Waals surface area contributed by atoms with Gasteiger partial charge in [-0.3, -0.25) is 0 Å². The van der Waals surface area contributed by atoms with Crippen molar-refractivity contribution in [2.24, 2.45) is 0 Å². The summed E-state index contributed by atoms with van der Waals surface area (Å²) in [6.45, 7) is 0. The normalized spacial score (nSPS) is 16.0. The second kappa shape index (κ2) is 8.74. The van der Waals surface area contributed by atoms with E-state index in [2.05, 4.69) is 14.2 Å². The highest BCUT2D eigenvalue weighted by Gasteiger charge is 2.28. The van der Waals surface area contributed by atoms with Crippen molar-refractivity contribution in [2.45, 2.75) is 22.3 Å². The van der Waals surface area contributed by atoms with E-state index in [1.54, 1.807) is 23.9 Å². The van der Waals surface area contributed by atoms with Gasteiger partial charge in [0.15, 0.2) is 0 Å². The molecule has 0 spiro atoms. The molecule has 1 N–H and O–H groups in total. The van der Waals surface area contributed by atoms with Crippen LogP contribution in [-0.2, 0) is 19.5 Å². The lowest BCUT2D eigenvalue weighted by Gasteiger charge is -2.26. The van der Waals surface area contributed by atoms with E-state index in [0.717, 1.165) is 28.3 Å². The molecule has 0 radical (unpaired) electrons. The van der Waals surface area contributed by atoms with Gasteiger partial charge in [-0.05, 0) is 54.1 Å². The largest absolute Gasteiger partial charge is 0.465 e. The molecule has 0 saturated carbocycles. The molecular weight excluding hydrogens is 438 g/mol. The maximum atomic E-state index is 13.1. The number of esters is 2. The van der Waals surface area contributed by atoms with Crippen molar-refractivity contribution >= 4 is 45.3 Å². The minimum absolute atomic E-state index is 0.0709. The maximum Gasteiger partial charge on any atom is 0.337 e. The number of ether oxygens (including phenoxy) is 2. The van der Waals surface area contributed by atoms with E-state index < -0.39 is 28.0 Å². The number of carbonyl (C=O) groups excluding carboxylic acids is 2. The van der Waals surface area contributed by atoms with Crippen LogP contribution in [0.4, 0.5) is 0 Å². The number of benzene rings is 2. The van der Waals surface area contributed by atoms with Gasteiger partial charge in [0.05, 0.1) is 30.2 Å². The molecule has 10 heteroatoms. The van der Waals surface area contributed by atoms with Crippen LogP contribution in [0.1, 0.15) is 38.7 Å². The molecule has 1 aliphatic heterocycles. The Labute approximate surface area is 177 Å². The van der Waals surface area contributed by atoms with Crippen LogP contribution in [0.3, 0.4) is 0 Å². The van der Waals surface area contributed by atoms with Crippen molar-refractivity contribution < 1.29 is 27.5 Å². The molecule has 7 nitrogen and oxygen atoms in total. The fraction of sp³-hybridized carbons (Fsp3) is 0.263. The molecule has 2 aromatic carbocycles. The molecule has 0 aliphatic carbocycles. The number of carbonyl (C=O) groups is 2. The number of halogens is 1. The number of rotatable bonds is 5. The van der Waals surface area contributed by atoms with Crippen molar-refractivity contribution in [2.75, 3.05) is 20.0 Å². The van der Waals surface area contributed by atoms with Gasteiger partial charge in [0, 0.05) is 16.0 Å². The Morgan fingerprint density at radius 3 is 2.28 bits per heavy atom. The standard InChI is InChI=1S/C19H18ClNO6S2/c1-26-18(22)11-7-12(19(23)27-2)9-14(8-11)29(24,25)21-16-5-6-28-17-4-3-13(20)10-15(16)17/h3-4,7-10,16,21H,5-6H2,1-2H3/t16-/m0/s1. The number of sulfonamides is 1. The molecule has 1 aliphatic rings. The maximum absolute atomic E-state index is 13.1. The molecule has 1 atom stereocenters. The van der Waals surface area contributed by atoms with Crippen LogP contribution >= 0.6 is 23.4 Å². The molecule has 2 aromatic rings. The van der Waals surface area contributed by atoms with Gasteiger partial charge in [0.1, 0.15) is 0 Å². The third-order valence-electron chi connectivity index (χ3n) is 4.37. The Kier molecular flexibility index (Phi) is 6.52. The number of methoxy groups -OCH3 is 2. The van der Waals surface area contributed by atoms with Crippen molar-refractivity contribution in [3.05, 3.63) is 58.1 Å². The Balaban J connectivity index is 2.01. The molecular formula is C19H18ClNO6S2. The molecule has 154 valence electrons. The van der Waals surface area contributed by atoms with Gasteiger partial charge in [-0.1, -0.05) is 11.6 Å². The van der Waals surface area contributed by atoms with E-state index in [1.165, 1.54) is 20.3 Å². The van der Waals surface area contributed by atoms with E-state index >= 15 is 0 Å². The zero-order chi connectivity index (χ0) is 21.2. The van der Waals surface area contributed by atoms with Crippen LogP contribution in [0.5, 0.6) is 0 Å². The molecule has 1 heterocycles. The minimum Gasteiger partial charge on any atom is -0.465 e. The summed E-state index contributed by atoms with van der Waals surface area (Å²) < 4.78 is 38.1. The highest BCUT2D eigenvalue weighted by molar-refractivity contribution is 7.99. The highest BCUT2D eigenvalue weighted by Crippen LogP contribution is 2.38. The molecule has 0 bridgehead atoms. The Bertz CT molecular complexity index is 1040. The molecule has 0 amide bonds. The third-order valence-corrected chi connectivity index (χ3v) is 7.18. The van der Waals surface area contributed by atoms with Crippen LogP contribution in [0.15, 0.2) is 46.2 Å². The Morgan fingerprint density at radius 1 is 1.07 bits per heavy atom. The zero-order valence-corrected chi connectivity index (χ0v) is 18.0. The molecule has 0 saturated heterocycles. The van der Waals surface area contributed by atoms with E-state index in [1.807, 2.05) is 6.07 Å². The van der Waals surface area contributed by atoms with Gasteiger partial charge >= 0.3 is 11.9 Å². The summed E-state index contributed by atoms with van der Waals surface area (Å²) in [7, 11) is -1.73. The highest BCUT2D eigenvalue weighted by atomic mass is 35.5. The summed E-state index contributed by atoms with van der Waals surface area (Å²) in [5, 5.41) is 0.510. The zero-order valence-electron chi connectivity index (χ0n) is 15.6. The van der Waals surface area contributed by atoms with E-state index in [9.17, 15) is 18.0 Å². The smallest absolute Gasteiger partial charge is 0.337 e. The lowest BCUT2D eigenvalue weighted by atomic mass is 10.1. The first-order valence-corrected chi connectivity index (χ1v) is 11.4. The first-order chi connectivity index (χ1) is 13.7. The lowest BCUT2D eigenvalue weighted by molar-refractivity contribution is 0.0598. The SMILES string of the molecule is COC(=O)c1cc(C(=O)OC)cc(S(=O)(=O)N[C@H]2CCSc3ccc(Cl)cc32)c1. The number of fused-ring (bicyclic) bond motifs is 1. The Hall–Kier alpha value is -2.07. The van der Waals surface area contributed by atoms with Gasteiger partial charge in [-0.15, -0.1) is 11.8 Å². The monoisotopic (exact) mass is 455 g/mol. The average molecular weight is 456 g/mol. The second-order valence-corrected chi connectivity index (χ2v) is 9.51. The molecule has 0 unspecified atom stereocenters. The average Bonchev–Trinajstić information content (AvgIpc) is 2.72. The number of nitrogens with one attached hydrogen (secondary N) is 1. The first-order valence-electron chi connectivity index (χ1n) is 8.51. The fourth-order valence-corrected chi connectivity index (χ4v) is 5.57. The summed E-state index contributed by atoms with van der Waals surface area (Å²) >= 11 is 7.71. The van der Waals surface area contributed by atoms with E-state index in [4.69, 9.17) is 11.6 Å². The Morgan fingerprint density at radius 2 is 1.69 bits per heavy atom. The van der Waals surface area contributed by atoms with Crippen LogP contribution in [0.25, 0.3) is 0 Å². The first kappa shape index (κ1) is 21.6. The fourth-order valence-electron chi connectivity index (χ4n) is 2.97. The van der Waals surface area contributed by atoms with Crippen LogP contribution in [-0.4, -0.2) is 40.3 Å². The second-order valence-electron chi connectivity index (χ2n) is 6.22. The van der Waals surface area contributed by atoms with Crippen LogP contribution in [0.2, 0.25) is 5.02 Å². The van der Waals surface area contributed by atoms with Crippen molar-refractivity contribution in [1.29, 1.82) is 0 Å². The number of hydrogen-bond acceptors (Lipinski definition) is 7. The lowest BCUT2D eigenvalue weighted by Crippen LogP contribution is -2.31. The third kappa shape index (κ3) is 4.75. The van der Waals surface area contributed by atoms with Crippen LogP contribution < -0.4 is 4.72 Å². The van der Waals surface area contributed by atoms with Crippen molar-refractivity contribution in [3.8, 4) is 0 Å². The molecule has 0 aromatic heterocycles.